The molecule has 0 aliphatic heterocycles. The molecule has 0 unspecified atom stereocenters. The molecule has 0 bridgehead atoms. The Kier molecular flexibility index (Phi) is 5.36. The third kappa shape index (κ3) is 3.96. The average molecular weight is 440 g/mol. The van der Waals surface area contributed by atoms with Crippen LogP contribution in [0.25, 0.3) is 28.1 Å². The van der Waals surface area contributed by atoms with Gasteiger partial charge in [0.15, 0.2) is 0 Å². The van der Waals surface area contributed by atoms with Crippen molar-refractivity contribution in [3.8, 4) is 11.1 Å². The molecule has 0 atom stereocenters. The van der Waals surface area contributed by atoms with Crippen LogP contribution in [0.3, 0.4) is 0 Å². The second kappa shape index (κ2) is 8.63. The van der Waals surface area contributed by atoms with Gasteiger partial charge in [0.25, 0.3) is 0 Å². The van der Waals surface area contributed by atoms with Crippen LogP contribution in [0, 0.1) is 0 Å². The topological polar surface area (TPSA) is 101 Å². The molecule has 3 aromatic carbocycles. The van der Waals surface area contributed by atoms with Crippen LogP contribution >= 0.6 is 0 Å². The molecule has 7 nitrogen and oxygen atoms in total. The van der Waals surface area contributed by atoms with Gasteiger partial charge in [0.1, 0.15) is 6.61 Å². The van der Waals surface area contributed by atoms with Crippen molar-refractivity contribution < 1.29 is 13.9 Å². The van der Waals surface area contributed by atoms with Crippen molar-refractivity contribution in [3.05, 3.63) is 110 Å². The van der Waals surface area contributed by atoms with Crippen molar-refractivity contribution in [3.63, 3.8) is 0 Å². The molecule has 7 heteroatoms. The lowest BCUT2D eigenvalue weighted by Crippen LogP contribution is -2.26. The van der Waals surface area contributed by atoms with Gasteiger partial charge in [0.2, 0.25) is 0 Å². The molecule has 1 aliphatic rings. The molecule has 0 spiro atoms. The minimum absolute atomic E-state index is 0.00393. The summed E-state index contributed by atoms with van der Waals surface area (Å²) in [6, 6.07) is 21.4. The number of alkyl carbamates (subject to hydrolysis) is 1. The maximum absolute atomic E-state index is 12.3. The third-order valence-corrected chi connectivity index (χ3v) is 5.73. The maximum Gasteiger partial charge on any atom is 0.419 e. The van der Waals surface area contributed by atoms with E-state index >= 15 is 0 Å². The van der Waals surface area contributed by atoms with Gasteiger partial charge in [0, 0.05) is 12.5 Å². The quantitative estimate of drug-likeness (QED) is 0.488. The van der Waals surface area contributed by atoms with Gasteiger partial charge >= 0.3 is 17.5 Å². The number of carbonyl (C=O) groups is 1. The highest BCUT2D eigenvalue weighted by Gasteiger charge is 2.28. The first kappa shape index (κ1) is 20.5. The number of carbonyl (C=O) groups excluding carboxylic acids is 1. The number of hydrogen-bond donors (Lipinski definition) is 2. The first-order chi connectivity index (χ1) is 16.1. The summed E-state index contributed by atoms with van der Waals surface area (Å²) < 4.78 is 10.1. The van der Waals surface area contributed by atoms with Crippen LogP contribution in [-0.2, 0) is 4.74 Å². The number of H-pyrrole nitrogens is 1. The minimum Gasteiger partial charge on any atom is -0.449 e. The summed E-state index contributed by atoms with van der Waals surface area (Å²) in [4.78, 5) is 38.1. The SMILES string of the molecule is O=C(NCC=Cc1cccc2[nH]c(=O)oc(=O)c12)OCC1c2ccccc2-c2ccccc21. The number of fused-ring (bicyclic) bond motifs is 4. The number of ether oxygens (including phenoxy) is 1. The summed E-state index contributed by atoms with van der Waals surface area (Å²) in [5.74, 6) is -0.804. The van der Waals surface area contributed by atoms with Crippen LogP contribution in [0.2, 0.25) is 0 Å². The zero-order valence-electron chi connectivity index (χ0n) is 17.5. The van der Waals surface area contributed by atoms with E-state index in [1.807, 2.05) is 24.3 Å². The molecular formula is C26H20N2O5. The third-order valence-electron chi connectivity index (χ3n) is 5.73. The van der Waals surface area contributed by atoms with Crippen molar-refractivity contribution in [2.45, 2.75) is 5.92 Å². The molecule has 33 heavy (non-hydrogen) atoms. The van der Waals surface area contributed by atoms with Gasteiger partial charge in [-0.05, 0) is 33.9 Å². The Morgan fingerprint density at radius 1 is 0.970 bits per heavy atom. The second-order valence-electron chi connectivity index (χ2n) is 7.68. The van der Waals surface area contributed by atoms with E-state index in [9.17, 15) is 14.4 Å². The first-order valence-electron chi connectivity index (χ1n) is 10.5. The monoisotopic (exact) mass is 440 g/mol. The van der Waals surface area contributed by atoms with Crippen LogP contribution in [-0.4, -0.2) is 24.2 Å². The van der Waals surface area contributed by atoms with Crippen LogP contribution in [0.4, 0.5) is 4.79 Å². The molecule has 0 saturated heterocycles. The fourth-order valence-corrected chi connectivity index (χ4v) is 4.29. The normalized spacial score (nSPS) is 12.6. The van der Waals surface area contributed by atoms with Crippen molar-refractivity contribution in [1.29, 1.82) is 0 Å². The van der Waals surface area contributed by atoms with E-state index < -0.39 is 17.5 Å². The highest BCUT2D eigenvalue weighted by atomic mass is 16.5. The smallest absolute Gasteiger partial charge is 0.419 e. The van der Waals surface area contributed by atoms with Gasteiger partial charge in [-0.25, -0.2) is 14.4 Å². The molecule has 0 radical (unpaired) electrons. The summed E-state index contributed by atoms with van der Waals surface area (Å²) in [6.07, 6.45) is 2.85. The Labute approximate surface area is 188 Å². The highest BCUT2D eigenvalue weighted by molar-refractivity contribution is 5.86. The van der Waals surface area contributed by atoms with Crippen LogP contribution in [0.15, 0.2) is 86.8 Å². The Hall–Kier alpha value is -4.39. The van der Waals surface area contributed by atoms with Gasteiger partial charge < -0.3 is 14.5 Å². The zero-order valence-corrected chi connectivity index (χ0v) is 17.5. The van der Waals surface area contributed by atoms with Crippen LogP contribution in [0.5, 0.6) is 0 Å². The summed E-state index contributed by atoms with van der Waals surface area (Å²) >= 11 is 0. The van der Waals surface area contributed by atoms with Crippen molar-refractivity contribution in [1.82, 2.24) is 10.3 Å². The Morgan fingerprint density at radius 2 is 1.67 bits per heavy atom. The van der Waals surface area contributed by atoms with Crippen molar-refractivity contribution in [2.24, 2.45) is 0 Å². The van der Waals surface area contributed by atoms with Gasteiger partial charge in [0.05, 0.1) is 10.9 Å². The summed E-state index contributed by atoms with van der Waals surface area (Å²) in [5, 5.41) is 2.96. The fraction of sp³-hybridized carbons (Fsp3) is 0.115. The average Bonchev–Trinajstić information content (AvgIpc) is 3.14. The van der Waals surface area contributed by atoms with E-state index in [0.29, 0.717) is 11.1 Å². The standard InChI is InChI=1S/C26H20N2O5/c29-24-23-16(7-5-13-22(23)28-26(31)33-24)8-6-14-27-25(30)32-15-21-19-11-3-1-9-17(19)18-10-2-4-12-20(18)21/h1-13,21H,14-15H2,(H,27,30)(H,28,31). The van der Waals surface area contributed by atoms with Gasteiger partial charge in [-0.1, -0.05) is 72.8 Å². The summed E-state index contributed by atoms with van der Waals surface area (Å²) in [5.41, 5.74) is 4.91. The van der Waals surface area contributed by atoms with Gasteiger partial charge in [-0.3, -0.25) is 4.98 Å². The molecule has 4 aromatic rings. The molecule has 1 aliphatic carbocycles. The molecule has 5 rings (SSSR count). The lowest BCUT2D eigenvalue weighted by Gasteiger charge is -2.14. The molecule has 1 aromatic heterocycles. The number of aromatic amines is 1. The molecule has 1 amide bonds. The maximum atomic E-state index is 12.3. The minimum atomic E-state index is -0.800. The van der Waals surface area contributed by atoms with Crippen molar-refractivity contribution >= 4 is 23.1 Å². The Bertz CT molecular complexity index is 1450. The summed E-state index contributed by atoms with van der Waals surface area (Å²) in [6.45, 7) is 0.447. The van der Waals surface area contributed by atoms with E-state index in [1.165, 1.54) is 11.1 Å². The number of rotatable bonds is 5. The molecule has 0 saturated carbocycles. The predicted molar refractivity (Wildman–Crippen MR) is 125 cm³/mol. The van der Waals surface area contributed by atoms with Crippen molar-refractivity contribution in [2.75, 3.05) is 13.2 Å². The molecule has 2 N–H and O–H groups in total. The molecule has 1 heterocycles. The summed E-state index contributed by atoms with van der Waals surface area (Å²) in [7, 11) is 0. The van der Waals surface area contributed by atoms with Gasteiger partial charge in [-0.2, -0.15) is 0 Å². The molecule has 0 fully saturated rings. The predicted octanol–water partition coefficient (Wildman–Crippen LogP) is 4.03. The number of amides is 1. The first-order valence-corrected chi connectivity index (χ1v) is 10.5. The van der Waals surface area contributed by atoms with Gasteiger partial charge in [-0.15, -0.1) is 0 Å². The largest absolute Gasteiger partial charge is 0.449 e. The molecular weight excluding hydrogens is 420 g/mol. The number of hydrogen-bond acceptors (Lipinski definition) is 5. The zero-order chi connectivity index (χ0) is 22.8. The van der Waals surface area contributed by atoms with E-state index in [1.54, 1.807) is 30.4 Å². The number of aromatic nitrogens is 1. The van der Waals surface area contributed by atoms with E-state index in [2.05, 4.69) is 39.0 Å². The van der Waals surface area contributed by atoms with Crippen LogP contribution < -0.4 is 16.7 Å². The van der Waals surface area contributed by atoms with E-state index in [-0.39, 0.29) is 24.5 Å². The van der Waals surface area contributed by atoms with E-state index in [4.69, 9.17) is 4.74 Å². The van der Waals surface area contributed by atoms with Crippen LogP contribution in [0.1, 0.15) is 22.6 Å². The Morgan fingerprint density at radius 3 is 2.39 bits per heavy atom. The fourth-order valence-electron chi connectivity index (χ4n) is 4.29. The lowest BCUT2D eigenvalue weighted by atomic mass is 9.98. The lowest BCUT2D eigenvalue weighted by molar-refractivity contribution is 0.144. The number of nitrogens with one attached hydrogen (secondary N) is 2. The Balaban J connectivity index is 1.22. The molecule has 164 valence electrons. The second-order valence-corrected chi connectivity index (χ2v) is 7.68. The van der Waals surface area contributed by atoms with E-state index in [0.717, 1.165) is 11.1 Å². The highest BCUT2D eigenvalue weighted by Crippen LogP contribution is 2.44. The number of benzene rings is 3.